The Bertz CT molecular complexity index is 947. The summed E-state index contributed by atoms with van der Waals surface area (Å²) in [5.74, 6) is 0.113. The lowest BCUT2D eigenvalue weighted by atomic mass is 10.1. The van der Waals surface area contributed by atoms with E-state index in [1.807, 2.05) is 37.4 Å². The van der Waals surface area contributed by atoms with Crippen LogP contribution in [0, 0.1) is 0 Å². The fourth-order valence-electron chi connectivity index (χ4n) is 3.41. The van der Waals surface area contributed by atoms with E-state index in [9.17, 15) is 13.2 Å². The zero-order valence-corrected chi connectivity index (χ0v) is 17.1. The van der Waals surface area contributed by atoms with Gasteiger partial charge in [-0.05, 0) is 30.8 Å². The fraction of sp³-hybridized carbons (Fsp3) is 0.350. The van der Waals surface area contributed by atoms with Crippen molar-refractivity contribution >= 4 is 21.6 Å². The predicted molar refractivity (Wildman–Crippen MR) is 108 cm³/mol. The molecule has 0 unspecified atom stereocenters. The van der Waals surface area contributed by atoms with E-state index < -0.39 is 10.0 Å². The van der Waals surface area contributed by atoms with Crippen molar-refractivity contribution in [1.82, 2.24) is 9.21 Å². The van der Waals surface area contributed by atoms with Crippen LogP contribution < -0.4 is 10.1 Å². The molecule has 0 aromatic heterocycles. The maximum atomic E-state index is 13.5. The van der Waals surface area contributed by atoms with E-state index in [4.69, 9.17) is 4.74 Å². The first-order chi connectivity index (χ1) is 13.3. The average Bonchev–Trinajstić information content (AvgIpc) is 2.68. The summed E-state index contributed by atoms with van der Waals surface area (Å²) < 4.78 is 33.7. The smallest absolute Gasteiger partial charge is 0.243 e. The minimum Gasteiger partial charge on any atom is -0.495 e. The summed E-state index contributed by atoms with van der Waals surface area (Å²) in [6.45, 7) is 3.02. The van der Waals surface area contributed by atoms with Crippen LogP contribution in [0.5, 0.6) is 5.75 Å². The molecule has 1 aliphatic rings. The summed E-state index contributed by atoms with van der Waals surface area (Å²) in [6, 6.07) is 13.9. The Balaban J connectivity index is 2.01. The molecule has 1 N–H and O–H groups in total. The van der Waals surface area contributed by atoms with Crippen LogP contribution >= 0.6 is 0 Å². The highest BCUT2D eigenvalue weighted by Crippen LogP contribution is 2.34. The Labute approximate surface area is 166 Å². The number of carbonyl (C=O) groups excluding carboxylic acids is 1. The first-order valence-corrected chi connectivity index (χ1v) is 10.5. The highest BCUT2D eigenvalue weighted by Gasteiger charge is 2.36. The van der Waals surface area contributed by atoms with Crippen molar-refractivity contribution in [3.63, 3.8) is 0 Å². The Kier molecular flexibility index (Phi) is 6.02. The molecule has 7 nitrogen and oxygen atoms in total. The third-order valence-corrected chi connectivity index (χ3v) is 6.71. The van der Waals surface area contributed by atoms with Crippen molar-refractivity contribution < 1.29 is 17.9 Å². The lowest BCUT2D eigenvalue weighted by Gasteiger charge is -2.39. The third-order valence-electron chi connectivity index (χ3n) is 4.81. The number of hydrogen-bond acceptors (Lipinski definition) is 5. The molecule has 8 heteroatoms. The number of rotatable bonds is 5. The number of sulfonamides is 1. The van der Waals surface area contributed by atoms with Crippen LogP contribution in [0.4, 0.5) is 5.69 Å². The van der Waals surface area contributed by atoms with Gasteiger partial charge in [0.05, 0.1) is 23.7 Å². The van der Waals surface area contributed by atoms with Gasteiger partial charge in [-0.2, -0.15) is 4.31 Å². The number of likely N-dealkylation sites (N-methyl/N-ethyl adjacent to an activating group) is 1. The second kappa shape index (κ2) is 8.30. The van der Waals surface area contributed by atoms with Gasteiger partial charge in [-0.15, -0.1) is 0 Å². The molecule has 3 rings (SSSR count). The zero-order valence-electron chi connectivity index (χ0n) is 16.3. The van der Waals surface area contributed by atoms with Crippen LogP contribution in [0.1, 0.15) is 18.5 Å². The second-order valence-corrected chi connectivity index (χ2v) is 8.74. The Hall–Kier alpha value is -2.42. The first kappa shape index (κ1) is 20.3. The number of benzene rings is 2. The van der Waals surface area contributed by atoms with Crippen molar-refractivity contribution in [1.29, 1.82) is 0 Å². The van der Waals surface area contributed by atoms with Gasteiger partial charge in [0.25, 0.3) is 0 Å². The van der Waals surface area contributed by atoms with E-state index in [0.29, 0.717) is 31.1 Å². The number of methoxy groups -OCH3 is 1. The van der Waals surface area contributed by atoms with E-state index >= 15 is 0 Å². The van der Waals surface area contributed by atoms with Gasteiger partial charge in [-0.3, -0.25) is 4.79 Å². The summed E-state index contributed by atoms with van der Waals surface area (Å²) in [5.41, 5.74) is 1.29. The van der Waals surface area contributed by atoms with E-state index in [0.717, 1.165) is 5.56 Å². The van der Waals surface area contributed by atoms with Crippen LogP contribution in [0.2, 0.25) is 0 Å². The molecule has 0 bridgehead atoms. The summed E-state index contributed by atoms with van der Waals surface area (Å²) in [5, 5.41) is 2.63. The normalized spacial score (nSPS) is 18.6. The summed E-state index contributed by atoms with van der Waals surface area (Å²) >= 11 is 0. The van der Waals surface area contributed by atoms with Gasteiger partial charge in [-0.1, -0.05) is 30.3 Å². The van der Waals surface area contributed by atoms with Gasteiger partial charge in [0, 0.05) is 26.6 Å². The number of amides is 1. The van der Waals surface area contributed by atoms with Gasteiger partial charge in [0.1, 0.15) is 5.75 Å². The minimum atomic E-state index is -3.77. The number of nitrogens with one attached hydrogen (secondary N) is 1. The molecular formula is C20H25N3O4S. The van der Waals surface area contributed by atoms with Crippen molar-refractivity contribution in [2.24, 2.45) is 0 Å². The summed E-state index contributed by atoms with van der Waals surface area (Å²) in [6.07, 6.45) is 0. The Morgan fingerprint density at radius 3 is 2.50 bits per heavy atom. The molecular weight excluding hydrogens is 378 g/mol. The fourth-order valence-corrected chi connectivity index (χ4v) is 5.03. The topological polar surface area (TPSA) is 79.0 Å². The van der Waals surface area contributed by atoms with Gasteiger partial charge in [0.2, 0.25) is 15.9 Å². The van der Waals surface area contributed by atoms with Crippen molar-refractivity contribution in [3.05, 3.63) is 54.1 Å². The van der Waals surface area contributed by atoms with Gasteiger partial charge < -0.3 is 15.0 Å². The lowest BCUT2D eigenvalue weighted by Crippen LogP contribution is -2.49. The second-order valence-electron chi connectivity index (χ2n) is 6.85. The number of piperazine rings is 1. The van der Waals surface area contributed by atoms with Crippen LogP contribution in [0.25, 0.3) is 0 Å². The molecule has 1 atom stereocenters. The van der Waals surface area contributed by atoms with E-state index in [2.05, 4.69) is 10.2 Å². The largest absolute Gasteiger partial charge is 0.495 e. The first-order valence-electron chi connectivity index (χ1n) is 9.04. The molecule has 28 heavy (non-hydrogen) atoms. The highest BCUT2D eigenvalue weighted by molar-refractivity contribution is 7.89. The van der Waals surface area contributed by atoms with Crippen LogP contribution in [-0.4, -0.2) is 57.3 Å². The van der Waals surface area contributed by atoms with Gasteiger partial charge >= 0.3 is 0 Å². The van der Waals surface area contributed by atoms with E-state index in [1.54, 1.807) is 10.4 Å². The maximum absolute atomic E-state index is 13.5. The Morgan fingerprint density at radius 1 is 1.14 bits per heavy atom. The molecule has 1 aliphatic heterocycles. The van der Waals surface area contributed by atoms with E-state index in [-0.39, 0.29) is 16.8 Å². The molecule has 2 aromatic rings. The Morgan fingerprint density at radius 2 is 1.86 bits per heavy atom. The number of nitrogens with zero attached hydrogens (tertiary/aromatic N) is 2. The number of anilines is 1. The molecule has 150 valence electrons. The van der Waals surface area contributed by atoms with Crippen molar-refractivity contribution in [2.75, 3.05) is 39.1 Å². The molecule has 2 aromatic carbocycles. The number of hydrogen-bond donors (Lipinski definition) is 1. The quantitative estimate of drug-likeness (QED) is 0.829. The lowest BCUT2D eigenvalue weighted by molar-refractivity contribution is -0.114. The van der Waals surface area contributed by atoms with E-state index in [1.165, 1.54) is 26.2 Å². The molecule has 1 heterocycles. The van der Waals surface area contributed by atoms with Crippen LogP contribution in [-0.2, 0) is 14.8 Å². The number of carbonyl (C=O) groups is 1. The SMILES string of the molecule is COc1ccc(S(=O)(=O)N2CCN(C)C[C@H]2c2ccccc2)cc1NC(C)=O. The van der Waals surface area contributed by atoms with Crippen molar-refractivity contribution in [2.45, 2.75) is 17.9 Å². The van der Waals surface area contributed by atoms with Gasteiger partial charge in [0.15, 0.2) is 0 Å². The zero-order chi connectivity index (χ0) is 20.3. The van der Waals surface area contributed by atoms with Crippen molar-refractivity contribution in [3.8, 4) is 5.75 Å². The average molecular weight is 404 g/mol. The number of ether oxygens (including phenoxy) is 1. The molecule has 1 saturated heterocycles. The molecule has 0 radical (unpaired) electrons. The molecule has 0 spiro atoms. The molecule has 0 saturated carbocycles. The molecule has 1 amide bonds. The van der Waals surface area contributed by atoms with Crippen LogP contribution in [0.3, 0.4) is 0 Å². The predicted octanol–water partition coefficient (Wildman–Crippen LogP) is 2.33. The molecule has 0 aliphatic carbocycles. The third kappa shape index (κ3) is 4.19. The standard InChI is InChI=1S/C20H25N3O4S/c1-15(24)21-18-13-17(9-10-20(18)27-3)28(25,26)23-12-11-22(2)14-19(23)16-7-5-4-6-8-16/h4-10,13,19H,11-12,14H2,1-3H3,(H,21,24)/t19-/m0/s1. The van der Waals surface area contributed by atoms with Gasteiger partial charge in [-0.25, -0.2) is 8.42 Å². The molecule has 1 fully saturated rings. The maximum Gasteiger partial charge on any atom is 0.243 e. The summed E-state index contributed by atoms with van der Waals surface area (Å²) in [7, 11) is -0.305. The highest BCUT2D eigenvalue weighted by atomic mass is 32.2. The van der Waals surface area contributed by atoms with Crippen LogP contribution in [0.15, 0.2) is 53.4 Å². The monoisotopic (exact) mass is 403 g/mol. The minimum absolute atomic E-state index is 0.127. The summed E-state index contributed by atoms with van der Waals surface area (Å²) in [4.78, 5) is 13.7.